The van der Waals surface area contributed by atoms with E-state index in [1.54, 1.807) is 0 Å². The van der Waals surface area contributed by atoms with Gasteiger partial charge in [-0.15, -0.1) is 0 Å². The summed E-state index contributed by atoms with van der Waals surface area (Å²) >= 11 is 12.6. The Hall–Kier alpha value is -3.22. The van der Waals surface area contributed by atoms with Gasteiger partial charge < -0.3 is 20.1 Å². The van der Waals surface area contributed by atoms with Gasteiger partial charge in [-0.1, -0.05) is 41.4 Å². The number of nitrogens with one attached hydrogen (secondary N) is 2. The van der Waals surface area contributed by atoms with Crippen LogP contribution in [0.5, 0.6) is 0 Å². The van der Waals surface area contributed by atoms with E-state index < -0.39 is 0 Å². The molecule has 3 aromatic carbocycles. The molecule has 1 aliphatic rings. The first-order valence-electron chi connectivity index (χ1n) is 10.4. The topological polar surface area (TPSA) is 64.3 Å². The molecule has 1 fully saturated rings. The van der Waals surface area contributed by atoms with E-state index in [-0.39, 0.29) is 6.03 Å². The van der Waals surface area contributed by atoms with E-state index in [2.05, 4.69) is 20.2 Å². The Kier molecular flexibility index (Phi) is 5.64. The number of piperazine rings is 1. The second kappa shape index (κ2) is 8.73. The SMILES string of the molecule is O=C(Nc1ccccc1)N1CCN(c2ccc(Cl)c(-c3nc4cc(Cl)ccc4[nH]3)c2)CC1. The van der Waals surface area contributed by atoms with Crippen LogP contribution in [0, 0.1) is 0 Å². The summed E-state index contributed by atoms with van der Waals surface area (Å²) < 4.78 is 0. The molecule has 0 aliphatic carbocycles. The number of imidazole rings is 1. The maximum Gasteiger partial charge on any atom is 0.321 e. The number of halogens is 2. The number of para-hydroxylation sites is 1. The van der Waals surface area contributed by atoms with Gasteiger partial charge in [-0.2, -0.15) is 0 Å². The van der Waals surface area contributed by atoms with Crippen LogP contribution < -0.4 is 10.2 Å². The Morgan fingerprint density at radius 3 is 2.50 bits per heavy atom. The number of nitrogens with zero attached hydrogens (tertiary/aromatic N) is 3. The largest absolute Gasteiger partial charge is 0.368 e. The molecule has 0 radical (unpaired) electrons. The highest BCUT2D eigenvalue weighted by Gasteiger charge is 2.22. The Bertz CT molecular complexity index is 1270. The fraction of sp³-hybridized carbons (Fsp3) is 0.167. The van der Waals surface area contributed by atoms with Crippen molar-refractivity contribution in [3.05, 3.63) is 76.8 Å². The standard InChI is InChI=1S/C24H21Cl2N5O/c25-16-6-9-21-22(14-16)29-23(28-21)19-15-18(7-8-20(19)26)30-10-12-31(13-11-30)24(32)27-17-4-2-1-3-5-17/h1-9,14-15H,10-13H2,(H,27,32)(H,28,29). The third kappa shape index (κ3) is 4.24. The van der Waals surface area contributed by atoms with Gasteiger partial charge in [-0.05, 0) is 48.5 Å². The lowest BCUT2D eigenvalue weighted by Gasteiger charge is -2.36. The Morgan fingerprint density at radius 2 is 1.72 bits per heavy atom. The summed E-state index contributed by atoms with van der Waals surface area (Å²) in [6.07, 6.45) is 0. The molecule has 0 bridgehead atoms. The van der Waals surface area contributed by atoms with Crippen molar-refractivity contribution in [2.24, 2.45) is 0 Å². The van der Waals surface area contributed by atoms with E-state index in [1.807, 2.05) is 71.6 Å². The molecule has 1 saturated heterocycles. The van der Waals surface area contributed by atoms with Gasteiger partial charge in [0, 0.05) is 48.1 Å². The predicted molar refractivity (Wildman–Crippen MR) is 131 cm³/mol. The number of hydrogen-bond donors (Lipinski definition) is 2. The first-order chi connectivity index (χ1) is 15.6. The Morgan fingerprint density at radius 1 is 0.938 bits per heavy atom. The number of rotatable bonds is 3. The number of aromatic amines is 1. The molecule has 5 rings (SSSR count). The summed E-state index contributed by atoms with van der Waals surface area (Å²) in [5.41, 5.74) is 4.39. The number of amides is 2. The van der Waals surface area contributed by atoms with Crippen LogP contribution in [-0.4, -0.2) is 47.1 Å². The summed E-state index contributed by atoms with van der Waals surface area (Å²) in [5.74, 6) is 0.704. The summed E-state index contributed by atoms with van der Waals surface area (Å²) in [6, 6.07) is 20.9. The molecule has 0 atom stereocenters. The van der Waals surface area contributed by atoms with Gasteiger partial charge in [0.05, 0.1) is 16.1 Å². The van der Waals surface area contributed by atoms with E-state index in [1.165, 1.54) is 0 Å². The van der Waals surface area contributed by atoms with E-state index in [0.29, 0.717) is 29.0 Å². The number of H-pyrrole nitrogens is 1. The minimum Gasteiger partial charge on any atom is -0.368 e. The van der Waals surface area contributed by atoms with Crippen molar-refractivity contribution in [2.75, 3.05) is 36.4 Å². The molecule has 0 saturated carbocycles. The smallest absolute Gasteiger partial charge is 0.321 e. The molecule has 0 spiro atoms. The highest BCUT2D eigenvalue weighted by molar-refractivity contribution is 6.33. The summed E-state index contributed by atoms with van der Waals surface area (Å²) in [5, 5.41) is 4.22. The molecule has 2 heterocycles. The molecular weight excluding hydrogens is 445 g/mol. The highest BCUT2D eigenvalue weighted by Crippen LogP contribution is 2.32. The molecule has 162 valence electrons. The van der Waals surface area contributed by atoms with Crippen LogP contribution in [0.15, 0.2) is 66.7 Å². The zero-order chi connectivity index (χ0) is 22.1. The third-order valence-electron chi connectivity index (χ3n) is 5.61. The van der Waals surface area contributed by atoms with Crippen LogP contribution in [0.3, 0.4) is 0 Å². The van der Waals surface area contributed by atoms with Crippen molar-refractivity contribution in [2.45, 2.75) is 0 Å². The molecule has 32 heavy (non-hydrogen) atoms. The summed E-state index contributed by atoms with van der Waals surface area (Å²) in [6.45, 7) is 2.75. The maximum absolute atomic E-state index is 12.6. The van der Waals surface area contributed by atoms with Gasteiger partial charge in [0.2, 0.25) is 0 Å². The fourth-order valence-electron chi connectivity index (χ4n) is 3.89. The highest BCUT2D eigenvalue weighted by atomic mass is 35.5. The lowest BCUT2D eigenvalue weighted by atomic mass is 10.1. The average molecular weight is 466 g/mol. The summed E-state index contributed by atoms with van der Waals surface area (Å²) in [7, 11) is 0. The Balaban J connectivity index is 1.30. The third-order valence-corrected chi connectivity index (χ3v) is 6.17. The lowest BCUT2D eigenvalue weighted by molar-refractivity contribution is 0.208. The van der Waals surface area contributed by atoms with Crippen LogP contribution in [0.1, 0.15) is 0 Å². The number of carbonyl (C=O) groups excluding carboxylic acids is 1. The normalized spacial score (nSPS) is 14.1. The molecule has 6 nitrogen and oxygen atoms in total. The quantitative estimate of drug-likeness (QED) is 0.396. The van der Waals surface area contributed by atoms with Crippen molar-refractivity contribution in [1.82, 2.24) is 14.9 Å². The zero-order valence-corrected chi connectivity index (χ0v) is 18.7. The van der Waals surface area contributed by atoms with Crippen molar-refractivity contribution in [3.63, 3.8) is 0 Å². The van der Waals surface area contributed by atoms with Crippen LogP contribution in [-0.2, 0) is 0 Å². The van der Waals surface area contributed by atoms with E-state index in [0.717, 1.165) is 41.1 Å². The minimum atomic E-state index is -0.0754. The number of benzene rings is 3. The van der Waals surface area contributed by atoms with Gasteiger partial charge in [0.25, 0.3) is 0 Å². The molecule has 8 heteroatoms. The second-order valence-corrected chi connectivity index (χ2v) is 8.52. The van der Waals surface area contributed by atoms with Crippen LogP contribution in [0.25, 0.3) is 22.4 Å². The molecule has 2 N–H and O–H groups in total. The summed E-state index contributed by atoms with van der Waals surface area (Å²) in [4.78, 5) is 24.6. The number of anilines is 2. The fourth-order valence-corrected chi connectivity index (χ4v) is 4.26. The van der Waals surface area contributed by atoms with Gasteiger partial charge in [-0.25, -0.2) is 9.78 Å². The Labute approximate surface area is 195 Å². The van der Waals surface area contributed by atoms with Gasteiger partial charge >= 0.3 is 6.03 Å². The molecular formula is C24H21Cl2N5O. The van der Waals surface area contributed by atoms with Crippen LogP contribution in [0.4, 0.5) is 16.2 Å². The van der Waals surface area contributed by atoms with Crippen molar-refractivity contribution < 1.29 is 4.79 Å². The van der Waals surface area contributed by atoms with Crippen molar-refractivity contribution in [3.8, 4) is 11.4 Å². The minimum absolute atomic E-state index is 0.0754. The first kappa shape index (κ1) is 20.7. The van der Waals surface area contributed by atoms with E-state index in [4.69, 9.17) is 23.2 Å². The lowest BCUT2D eigenvalue weighted by Crippen LogP contribution is -2.50. The monoisotopic (exact) mass is 465 g/mol. The van der Waals surface area contributed by atoms with Crippen LogP contribution >= 0.6 is 23.2 Å². The maximum atomic E-state index is 12.6. The molecule has 0 unspecified atom stereocenters. The number of fused-ring (bicyclic) bond motifs is 1. The van der Waals surface area contributed by atoms with Gasteiger partial charge in [0.1, 0.15) is 5.82 Å². The van der Waals surface area contributed by atoms with Crippen molar-refractivity contribution in [1.29, 1.82) is 0 Å². The molecule has 1 aliphatic heterocycles. The van der Waals surface area contributed by atoms with E-state index in [9.17, 15) is 4.79 Å². The zero-order valence-electron chi connectivity index (χ0n) is 17.2. The van der Waals surface area contributed by atoms with Crippen molar-refractivity contribution >= 4 is 51.6 Å². The molecule has 2 amide bonds. The number of urea groups is 1. The van der Waals surface area contributed by atoms with Gasteiger partial charge in [-0.3, -0.25) is 0 Å². The number of carbonyl (C=O) groups is 1. The van der Waals surface area contributed by atoms with Crippen LogP contribution in [0.2, 0.25) is 10.0 Å². The molecule has 4 aromatic rings. The number of aromatic nitrogens is 2. The molecule has 1 aromatic heterocycles. The predicted octanol–water partition coefficient (Wildman–Crippen LogP) is 5.89. The van der Waals surface area contributed by atoms with E-state index >= 15 is 0 Å². The average Bonchev–Trinajstić information content (AvgIpc) is 3.23. The first-order valence-corrected chi connectivity index (χ1v) is 11.1. The van der Waals surface area contributed by atoms with Gasteiger partial charge in [0.15, 0.2) is 0 Å². The second-order valence-electron chi connectivity index (χ2n) is 7.68. The number of hydrogen-bond acceptors (Lipinski definition) is 3.